The van der Waals surface area contributed by atoms with Crippen LogP contribution in [0.4, 0.5) is 11.5 Å². The van der Waals surface area contributed by atoms with Gasteiger partial charge in [0.05, 0.1) is 6.54 Å². The van der Waals surface area contributed by atoms with Crippen molar-refractivity contribution < 1.29 is 0 Å². The fourth-order valence-corrected chi connectivity index (χ4v) is 2.81. The average Bonchev–Trinajstić information content (AvgIpc) is 2.99. The van der Waals surface area contributed by atoms with E-state index in [1.807, 2.05) is 65.5 Å². The van der Waals surface area contributed by atoms with Gasteiger partial charge in [-0.1, -0.05) is 45.7 Å². The van der Waals surface area contributed by atoms with Crippen LogP contribution in [0, 0.1) is 0 Å². The van der Waals surface area contributed by atoms with Crippen LogP contribution in [-0.4, -0.2) is 14.9 Å². The van der Waals surface area contributed by atoms with E-state index in [-0.39, 0.29) is 0 Å². The first-order valence-electron chi connectivity index (χ1n) is 7.20. The summed E-state index contributed by atoms with van der Waals surface area (Å²) in [6.07, 6.45) is 1.88. The first kappa shape index (κ1) is 17.0. The molecule has 3 aromatic rings. The number of rotatable bonds is 4. The monoisotopic (exact) mass is 420 g/mol. The van der Waals surface area contributed by atoms with E-state index in [1.165, 1.54) is 0 Å². The molecule has 4 nitrogen and oxygen atoms in total. The molecule has 0 spiro atoms. The highest BCUT2D eigenvalue weighted by atomic mass is 79.9. The van der Waals surface area contributed by atoms with E-state index in [9.17, 15) is 0 Å². The van der Waals surface area contributed by atoms with Crippen LogP contribution in [0.5, 0.6) is 0 Å². The largest absolute Gasteiger partial charge is 0.332 e. The molecule has 2 N–H and O–H groups in total. The quantitative estimate of drug-likeness (QED) is 0.571. The average molecular weight is 422 g/mol. The van der Waals surface area contributed by atoms with Crippen molar-refractivity contribution in [3.05, 3.63) is 75.9 Å². The number of benzene rings is 2. The second-order valence-electron chi connectivity index (χ2n) is 5.08. The van der Waals surface area contributed by atoms with Crippen molar-refractivity contribution in [1.82, 2.24) is 9.78 Å². The van der Waals surface area contributed by atoms with Crippen LogP contribution in [0.3, 0.4) is 0 Å². The summed E-state index contributed by atoms with van der Waals surface area (Å²) in [7, 11) is 0. The minimum Gasteiger partial charge on any atom is -0.332 e. The summed E-state index contributed by atoms with van der Waals surface area (Å²) in [5.74, 6) is 0.677. The molecule has 2 aromatic carbocycles. The predicted octanol–water partition coefficient (Wildman–Crippen LogP) is 5.16. The smallest absolute Gasteiger partial charge is 0.176 e. The summed E-state index contributed by atoms with van der Waals surface area (Å²) < 4.78 is 2.83. The number of nitrogens with one attached hydrogen (secondary N) is 2. The summed E-state index contributed by atoms with van der Waals surface area (Å²) in [6.45, 7) is 0.605. The highest BCUT2D eigenvalue weighted by molar-refractivity contribution is 9.10. The van der Waals surface area contributed by atoms with Gasteiger partial charge in [-0.3, -0.25) is 4.68 Å². The molecule has 1 heterocycles. The molecule has 24 heavy (non-hydrogen) atoms. The fraction of sp³-hybridized carbons (Fsp3) is 0.0588. The molecule has 0 aliphatic rings. The fourth-order valence-electron chi connectivity index (χ4n) is 2.13. The van der Waals surface area contributed by atoms with E-state index in [0.717, 1.165) is 20.7 Å². The number of hydrogen-bond donors (Lipinski definition) is 2. The Morgan fingerprint density at radius 2 is 1.83 bits per heavy atom. The van der Waals surface area contributed by atoms with Crippen molar-refractivity contribution in [2.24, 2.45) is 0 Å². The van der Waals surface area contributed by atoms with Crippen LogP contribution in [0.25, 0.3) is 0 Å². The van der Waals surface area contributed by atoms with Crippen LogP contribution >= 0.6 is 39.7 Å². The number of halogens is 2. The standard InChI is InChI=1S/C17H14BrClN4S/c18-13-5-7-14(8-6-13)20-17(24)21-16-9-10-23(22-16)11-12-3-1-2-4-15(12)19/h1-10H,11H2,(H2,20,21,22,24). The Bertz CT molecular complexity index is 848. The van der Waals surface area contributed by atoms with Crippen LogP contribution in [-0.2, 0) is 6.54 Å². The molecule has 0 radical (unpaired) electrons. The van der Waals surface area contributed by atoms with Crippen LogP contribution in [0.2, 0.25) is 5.02 Å². The molecule has 122 valence electrons. The van der Waals surface area contributed by atoms with Gasteiger partial charge in [-0.2, -0.15) is 5.10 Å². The molecule has 0 atom stereocenters. The lowest BCUT2D eigenvalue weighted by molar-refractivity contribution is 0.690. The number of nitrogens with zero attached hydrogens (tertiary/aromatic N) is 2. The van der Waals surface area contributed by atoms with Gasteiger partial charge in [-0.15, -0.1) is 0 Å². The summed E-state index contributed by atoms with van der Waals surface area (Å²) in [5, 5.41) is 11.9. The molecule has 0 bridgehead atoms. The lowest BCUT2D eigenvalue weighted by Gasteiger charge is -2.08. The second-order valence-corrected chi connectivity index (χ2v) is 6.81. The predicted molar refractivity (Wildman–Crippen MR) is 107 cm³/mol. The minimum absolute atomic E-state index is 0.486. The Morgan fingerprint density at radius 1 is 1.08 bits per heavy atom. The number of thiocarbonyl (C=S) groups is 1. The minimum atomic E-state index is 0.486. The van der Waals surface area contributed by atoms with Crippen molar-refractivity contribution in [2.75, 3.05) is 10.6 Å². The van der Waals surface area contributed by atoms with E-state index in [0.29, 0.717) is 17.5 Å². The van der Waals surface area contributed by atoms with E-state index >= 15 is 0 Å². The van der Waals surface area contributed by atoms with Crippen molar-refractivity contribution >= 4 is 56.4 Å². The third-order valence-corrected chi connectivity index (χ3v) is 4.38. The molecule has 7 heteroatoms. The first-order valence-corrected chi connectivity index (χ1v) is 8.78. The molecule has 0 unspecified atom stereocenters. The Labute approximate surface area is 159 Å². The Hall–Kier alpha value is -1.89. The summed E-state index contributed by atoms with van der Waals surface area (Å²) >= 11 is 14.9. The Balaban J connectivity index is 1.60. The Kier molecular flexibility index (Phi) is 5.50. The van der Waals surface area contributed by atoms with Crippen molar-refractivity contribution in [2.45, 2.75) is 6.54 Å². The third kappa shape index (κ3) is 4.56. The van der Waals surface area contributed by atoms with Crippen molar-refractivity contribution in [3.8, 4) is 0 Å². The van der Waals surface area contributed by atoms with Crippen molar-refractivity contribution in [1.29, 1.82) is 0 Å². The summed E-state index contributed by atoms with van der Waals surface area (Å²) in [5.41, 5.74) is 1.93. The molecule has 0 fully saturated rings. The van der Waals surface area contributed by atoms with Gasteiger partial charge in [0.15, 0.2) is 10.9 Å². The van der Waals surface area contributed by atoms with E-state index in [4.69, 9.17) is 23.8 Å². The summed E-state index contributed by atoms with van der Waals surface area (Å²) in [4.78, 5) is 0. The van der Waals surface area contributed by atoms with E-state index in [2.05, 4.69) is 31.7 Å². The van der Waals surface area contributed by atoms with Gasteiger partial charge in [-0.25, -0.2) is 0 Å². The molecule has 0 amide bonds. The third-order valence-electron chi connectivity index (χ3n) is 3.27. The molecular formula is C17H14BrClN4S. The zero-order valence-corrected chi connectivity index (χ0v) is 15.7. The second kappa shape index (κ2) is 7.79. The SMILES string of the molecule is S=C(Nc1ccc(Br)cc1)Nc1ccn(Cc2ccccc2Cl)n1. The molecule has 0 aliphatic heterocycles. The van der Waals surface area contributed by atoms with Crippen LogP contribution in [0.1, 0.15) is 5.56 Å². The molecule has 0 saturated heterocycles. The maximum atomic E-state index is 6.18. The summed E-state index contributed by atoms with van der Waals surface area (Å²) in [6, 6.07) is 17.4. The van der Waals surface area contributed by atoms with Crippen molar-refractivity contribution in [3.63, 3.8) is 0 Å². The van der Waals surface area contributed by atoms with Gasteiger partial charge < -0.3 is 10.6 Å². The van der Waals surface area contributed by atoms with Gasteiger partial charge in [-0.05, 0) is 48.1 Å². The van der Waals surface area contributed by atoms with Crippen LogP contribution in [0.15, 0.2) is 65.3 Å². The Morgan fingerprint density at radius 3 is 2.58 bits per heavy atom. The van der Waals surface area contributed by atoms with Gasteiger partial charge in [0.25, 0.3) is 0 Å². The molecular weight excluding hydrogens is 408 g/mol. The zero-order valence-electron chi connectivity index (χ0n) is 12.5. The van der Waals surface area contributed by atoms with Gasteiger partial charge in [0.1, 0.15) is 0 Å². The van der Waals surface area contributed by atoms with E-state index in [1.54, 1.807) is 0 Å². The molecule has 1 aromatic heterocycles. The van der Waals surface area contributed by atoms with Gasteiger partial charge in [0.2, 0.25) is 0 Å². The maximum Gasteiger partial charge on any atom is 0.176 e. The first-order chi connectivity index (χ1) is 11.6. The highest BCUT2D eigenvalue weighted by Gasteiger charge is 2.05. The number of anilines is 2. The number of aromatic nitrogens is 2. The lowest BCUT2D eigenvalue weighted by atomic mass is 10.2. The van der Waals surface area contributed by atoms with Gasteiger partial charge >= 0.3 is 0 Å². The van der Waals surface area contributed by atoms with Crippen LogP contribution < -0.4 is 10.6 Å². The normalized spacial score (nSPS) is 10.4. The zero-order chi connectivity index (χ0) is 16.9. The van der Waals surface area contributed by atoms with E-state index < -0.39 is 0 Å². The topological polar surface area (TPSA) is 41.9 Å². The number of hydrogen-bond acceptors (Lipinski definition) is 2. The molecule has 3 rings (SSSR count). The lowest BCUT2D eigenvalue weighted by Crippen LogP contribution is -2.19. The maximum absolute atomic E-state index is 6.18. The highest BCUT2D eigenvalue weighted by Crippen LogP contribution is 2.17. The molecule has 0 aliphatic carbocycles. The molecule has 0 saturated carbocycles. The van der Waals surface area contributed by atoms with Gasteiger partial charge in [0, 0.05) is 27.4 Å².